The first-order chi connectivity index (χ1) is 39.9. The third kappa shape index (κ3) is 18.3. The third-order valence-corrected chi connectivity index (χ3v) is 36.4. The second-order valence-electron chi connectivity index (χ2n) is 32.3. The van der Waals surface area contributed by atoms with Gasteiger partial charge in [-0.05, 0) is 24.3 Å². The van der Waals surface area contributed by atoms with E-state index in [2.05, 4.69) is 230 Å². The molecular formula is C69H104O8P2Si8. The maximum absolute atomic E-state index is 15.1. The van der Waals surface area contributed by atoms with Crippen LogP contribution in [-0.4, -0.2) is 121 Å². The molecule has 87 heavy (non-hydrogen) atoms. The van der Waals surface area contributed by atoms with Crippen molar-refractivity contribution >= 4 is 156 Å². The number of carbonyl (C=O) groups is 2. The van der Waals surface area contributed by atoms with Gasteiger partial charge in [0.2, 0.25) is 0 Å². The van der Waals surface area contributed by atoms with Gasteiger partial charge in [-0.25, -0.2) is 9.59 Å². The molecule has 0 aliphatic carbocycles. The Bertz CT molecular complexity index is 3100. The van der Waals surface area contributed by atoms with Crippen molar-refractivity contribution < 1.29 is 37.6 Å². The molecule has 0 spiro atoms. The molecule has 470 valence electrons. The van der Waals surface area contributed by atoms with Gasteiger partial charge in [-0.1, -0.05) is 308 Å². The summed E-state index contributed by atoms with van der Waals surface area (Å²) < 4.78 is 43.9. The summed E-state index contributed by atoms with van der Waals surface area (Å²) in [5, 5.41) is 15.5. The minimum atomic E-state index is -1.97. The van der Waals surface area contributed by atoms with E-state index in [9.17, 15) is 4.79 Å². The molecule has 5 atom stereocenters. The fraction of sp³-hybridized carbons (Fsp3) is 0.449. The van der Waals surface area contributed by atoms with E-state index in [1.807, 2.05) is 36.4 Å². The van der Waals surface area contributed by atoms with Gasteiger partial charge >= 0.3 is 11.9 Å². The van der Waals surface area contributed by atoms with Crippen LogP contribution in [0.4, 0.5) is 0 Å². The number of hydrogen-bond donors (Lipinski definition) is 0. The van der Waals surface area contributed by atoms with Crippen molar-refractivity contribution in [2.24, 2.45) is 0 Å². The maximum Gasteiger partial charge on any atom is 0.338 e. The van der Waals surface area contributed by atoms with Crippen molar-refractivity contribution in [1.29, 1.82) is 0 Å². The van der Waals surface area contributed by atoms with Crippen LogP contribution >= 0.6 is 16.3 Å². The lowest BCUT2D eigenvalue weighted by Crippen LogP contribution is -2.62. The molecule has 6 aromatic rings. The molecule has 1 aliphatic heterocycles. The SMILES string of the molecule is CO[C@H]1O[C@H](COC(=O)c2ccccc2)[C@@H](OP(c2cc([Si](C)(C)C)cc([Si](C)(C)C)c2)c2cc([Si](C)(C)C)cc([Si](C)(C)C)c2)[C@H](OP(c2cc([Si](C)(C)C)cc([Si](C)(C)C)c2)c2cc([Si](C)(C)C)cc([Si](C)(C)C)c2)[C@H]1OC(=O)c1ccccc1. The number of esters is 2. The summed E-state index contributed by atoms with van der Waals surface area (Å²) >= 11 is 0. The van der Waals surface area contributed by atoms with Gasteiger partial charge < -0.3 is 28.0 Å². The van der Waals surface area contributed by atoms with Crippen LogP contribution in [0.25, 0.3) is 0 Å². The molecule has 1 aliphatic rings. The van der Waals surface area contributed by atoms with Crippen LogP contribution < -0.4 is 62.7 Å². The second-order valence-corrected chi connectivity index (χ2v) is 76.6. The van der Waals surface area contributed by atoms with Gasteiger partial charge in [0.05, 0.1) is 92.0 Å². The first-order valence-corrected chi connectivity index (χ1v) is 61.7. The van der Waals surface area contributed by atoms with Crippen LogP contribution in [0.15, 0.2) is 133 Å². The summed E-state index contributed by atoms with van der Waals surface area (Å²) in [6.07, 6.45) is -5.34. The van der Waals surface area contributed by atoms with Crippen LogP contribution in [0, 0.1) is 0 Å². The van der Waals surface area contributed by atoms with E-state index in [4.69, 9.17) is 28.0 Å². The lowest BCUT2D eigenvalue weighted by molar-refractivity contribution is -0.283. The van der Waals surface area contributed by atoms with Gasteiger partial charge in [-0.3, -0.25) is 0 Å². The van der Waals surface area contributed by atoms with Crippen LogP contribution in [0.2, 0.25) is 157 Å². The van der Waals surface area contributed by atoms with Gasteiger partial charge in [0.15, 0.2) is 12.4 Å². The number of hydrogen-bond acceptors (Lipinski definition) is 8. The monoisotopic (exact) mass is 1350 g/mol. The highest BCUT2D eigenvalue weighted by molar-refractivity contribution is 7.69. The fourth-order valence-corrected chi connectivity index (χ4v) is 25.4. The van der Waals surface area contributed by atoms with Crippen molar-refractivity contribution in [3.8, 4) is 0 Å². The number of rotatable bonds is 22. The predicted octanol–water partition coefficient (Wildman–Crippen LogP) is 11.7. The van der Waals surface area contributed by atoms with Gasteiger partial charge in [0, 0.05) is 28.3 Å². The zero-order chi connectivity index (χ0) is 64.8. The van der Waals surface area contributed by atoms with E-state index >= 15 is 4.79 Å². The summed E-state index contributed by atoms with van der Waals surface area (Å²) in [5.41, 5.74) is 0.814. The van der Waals surface area contributed by atoms with Gasteiger partial charge in [-0.2, -0.15) is 0 Å². The van der Waals surface area contributed by atoms with Crippen molar-refractivity contribution in [2.75, 3.05) is 13.7 Å². The van der Waals surface area contributed by atoms with Crippen LogP contribution in [0.1, 0.15) is 20.7 Å². The Morgan fingerprint density at radius 1 is 0.368 bits per heavy atom. The Hall–Kier alpha value is -3.30. The highest BCUT2D eigenvalue weighted by Gasteiger charge is 2.53. The zero-order valence-corrected chi connectivity index (χ0v) is 67.2. The summed E-state index contributed by atoms with van der Waals surface area (Å²) in [7, 11) is -17.6. The van der Waals surface area contributed by atoms with Gasteiger partial charge in [0.25, 0.3) is 0 Å². The van der Waals surface area contributed by atoms with Crippen molar-refractivity contribution in [1.82, 2.24) is 0 Å². The summed E-state index contributed by atoms with van der Waals surface area (Å²) in [6.45, 7) is 58.2. The second kappa shape index (κ2) is 27.1. The third-order valence-electron chi connectivity index (χ3n) is 16.5. The Kier molecular flexibility index (Phi) is 22.2. The Balaban J connectivity index is 1.65. The standard InChI is InChI=1S/C69H104O8P2Si8/c1-72-69-66(75-68(71)50-34-30-27-31-35-50)65(77-79(53-40-59(84(14,15)16)46-60(41-53)85(17,18)19)54-42-61(86(20,21)22)47-62(43-54)87(23,24)25)64(63(74-69)48-73-67(70)49-32-28-26-29-33-49)76-78(51-36-55(80(2,3)4)44-56(37-51)81(5,6)7)52-38-57(82(8,9)10)45-58(39-52)83(11,12)13/h26-47,63-66,69H,48H2,1-25H3/t63-,64-,65+,66-,69+/m1/s1. The lowest BCUT2D eigenvalue weighted by atomic mass is 9.99. The smallest absolute Gasteiger partial charge is 0.338 e. The molecule has 0 saturated carbocycles. The minimum Gasteiger partial charge on any atom is -0.459 e. The molecule has 0 amide bonds. The van der Waals surface area contributed by atoms with E-state index in [1.165, 1.54) is 41.5 Å². The Labute approximate surface area is 535 Å². The molecular weight excluding hydrogens is 1240 g/mol. The predicted molar refractivity (Wildman–Crippen MR) is 400 cm³/mol. The van der Waals surface area contributed by atoms with Gasteiger partial charge in [0.1, 0.15) is 24.9 Å². The van der Waals surface area contributed by atoms with Crippen molar-refractivity contribution in [3.63, 3.8) is 0 Å². The molecule has 0 radical (unpaired) electrons. The van der Waals surface area contributed by atoms with Crippen LogP contribution in [0.3, 0.4) is 0 Å². The van der Waals surface area contributed by atoms with E-state index in [1.54, 1.807) is 31.4 Å². The Morgan fingerprint density at radius 2 is 0.632 bits per heavy atom. The van der Waals surface area contributed by atoms with E-state index < -0.39 is 124 Å². The normalized spacial score (nSPS) is 18.5. The molecule has 1 fully saturated rings. The van der Waals surface area contributed by atoms with Crippen LogP contribution in [-0.2, 0) is 28.0 Å². The first-order valence-electron chi connectivity index (χ1n) is 31.2. The molecule has 8 nitrogen and oxygen atoms in total. The average molecular weight is 1350 g/mol. The average Bonchev–Trinajstić information content (AvgIpc) is 0.803. The lowest BCUT2D eigenvalue weighted by Gasteiger charge is -2.47. The summed E-state index contributed by atoms with van der Waals surface area (Å²) in [5.74, 6) is -1.02. The fourth-order valence-electron chi connectivity index (χ4n) is 10.3. The number of ether oxygens (including phenoxy) is 4. The highest BCUT2D eigenvalue weighted by Crippen LogP contribution is 2.47. The highest BCUT2D eigenvalue weighted by atomic mass is 31.1. The number of benzene rings is 6. The minimum absolute atomic E-state index is 0.196. The van der Waals surface area contributed by atoms with Crippen molar-refractivity contribution in [2.45, 2.75) is 188 Å². The molecule has 1 heterocycles. The van der Waals surface area contributed by atoms with E-state index in [0.29, 0.717) is 11.1 Å². The summed E-state index contributed by atoms with van der Waals surface area (Å²) in [6, 6.07) is 47.7. The van der Waals surface area contributed by atoms with E-state index in [-0.39, 0.29) is 6.61 Å². The quantitative estimate of drug-likeness (QED) is 0.0377. The van der Waals surface area contributed by atoms with Crippen molar-refractivity contribution in [3.05, 3.63) is 145 Å². The van der Waals surface area contributed by atoms with Crippen LogP contribution in [0.5, 0.6) is 0 Å². The molecule has 0 aromatic heterocycles. The molecule has 7 rings (SSSR count). The van der Waals surface area contributed by atoms with Gasteiger partial charge in [-0.15, -0.1) is 0 Å². The molecule has 6 aromatic carbocycles. The first kappa shape index (κ1) is 71.1. The molecule has 1 saturated heterocycles. The zero-order valence-electron chi connectivity index (χ0n) is 57.5. The van der Waals surface area contributed by atoms with E-state index in [0.717, 1.165) is 21.2 Å². The Morgan fingerprint density at radius 3 is 0.897 bits per heavy atom. The summed E-state index contributed by atoms with van der Waals surface area (Å²) in [4.78, 5) is 29.4. The number of carbonyl (C=O) groups excluding carboxylic acids is 2. The molecule has 0 N–H and O–H groups in total. The molecule has 0 bridgehead atoms. The largest absolute Gasteiger partial charge is 0.459 e. The molecule has 0 unspecified atom stereocenters. The topological polar surface area (TPSA) is 89.5 Å². The maximum atomic E-state index is 15.1. The molecule has 18 heteroatoms. The number of methoxy groups -OCH3 is 1.